The van der Waals surface area contributed by atoms with E-state index < -0.39 is 0 Å². The van der Waals surface area contributed by atoms with Crippen LogP contribution in [-0.4, -0.2) is 51.8 Å². The third-order valence-corrected chi connectivity index (χ3v) is 6.96. The Labute approximate surface area is 218 Å². The van der Waals surface area contributed by atoms with E-state index in [9.17, 15) is 0 Å². The molecular weight excluding hydrogens is 464 g/mol. The molecule has 0 aliphatic carbocycles. The topological polar surface area (TPSA) is 52.8 Å². The van der Waals surface area contributed by atoms with Crippen LogP contribution in [0.3, 0.4) is 0 Å². The lowest BCUT2D eigenvalue weighted by Crippen LogP contribution is -2.03. The summed E-state index contributed by atoms with van der Waals surface area (Å²) in [5.41, 5.74) is 5.01. The highest BCUT2D eigenvalue weighted by Gasteiger charge is 2.22. The lowest BCUT2D eigenvalue weighted by Gasteiger charge is -2.09. The van der Waals surface area contributed by atoms with Crippen LogP contribution in [0.2, 0.25) is 0 Å². The molecule has 0 saturated carbocycles. The quantitative estimate of drug-likeness (QED) is 0.167. The van der Waals surface area contributed by atoms with Crippen LogP contribution in [0.1, 0.15) is 22.3 Å². The van der Waals surface area contributed by atoms with Crippen molar-refractivity contribution in [2.24, 2.45) is 0 Å². The zero-order chi connectivity index (χ0) is 24.9. The van der Waals surface area contributed by atoms with E-state index >= 15 is 0 Å². The van der Waals surface area contributed by atoms with E-state index in [1.54, 1.807) is 0 Å². The molecule has 6 rings (SSSR count). The van der Waals surface area contributed by atoms with Gasteiger partial charge in [0, 0.05) is 0 Å². The third kappa shape index (κ3) is 7.16. The summed E-state index contributed by atoms with van der Waals surface area (Å²) in [6.45, 7) is 5.76. The Morgan fingerprint density at radius 1 is 0.514 bits per heavy atom. The molecule has 0 aromatic heterocycles. The monoisotopic (exact) mass is 498 g/mol. The molecule has 0 amide bonds. The number of benzene rings is 4. The third-order valence-electron chi connectivity index (χ3n) is 6.96. The second kappa shape index (κ2) is 11.7. The Morgan fingerprint density at radius 2 is 0.892 bits per heavy atom. The van der Waals surface area contributed by atoms with Gasteiger partial charge in [0.2, 0.25) is 0 Å². The normalized spacial score (nSPS) is 18.5. The fourth-order valence-corrected chi connectivity index (χ4v) is 4.61. The summed E-state index contributed by atoms with van der Waals surface area (Å²) in [6.07, 6.45) is 2.45. The second-order valence-electron chi connectivity index (χ2n) is 10.1. The minimum Gasteiger partial charge on any atom is -0.381 e. The van der Waals surface area contributed by atoms with Crippen molar-refractivity contribution in [3.8, 4) is 0 Å². The standard InChI is InChI=1S/C32H34O5/c1-5-29-15-25(17-34-19-31-21-36-31)3-7-27(29)13-23(1)9-11-33-12-10-24-2-6-30-16-26(4-8-28(30)14-24)18-35-20-32-22-37-32/h1-8,13-16,31-32H,9-12,17-22H2. The Bertz CT molecular complexity index is 1240. The lowest BCUT2D eigenvalue weighted by molar-refractivity contribution is 0.104. The van der Waals surface area contributed by atoms with Gasteiger partial charge >= 0.3 is 0 Å². The van der Waals surface area contributed by atoms with Gasteiger partial charge in [-0.05, 0) is 68.8 Å². The molecular formula is C32H34O5. The molecule has 4 aromatic rings. The van der Waals surface area contributed by atoms with Crippen molar-refractivity contribution < 1.29 is 23.7 Å². The average molecular weight is 499 g/mol. The molecule has 0 bridgehead atoms. The van der Waals surface area contributed by atoms with Crippen molar-refractivity contribution in [3.05, 3.63) is 95.1 Å². The molecule has 192 valence electrons. The van der Waals surface area contributed by atoms with Crippen LogP contribution in [-0.2, 0) is 49.7 Å². The van der Waals surface area contributed by atoms with Crippen LogP contribution in [0.25, 0.3) is 21.5 Å². The fraction of sp³-hybridized carbons (Fsp3) is 0.375. The molecule has 0 spiro atoms. The van der Waals surface area contributed by atoms with Crippen LogP contribution < -0.4 is 0 Å². The van der Waals surface area contributed by atoms with Gasteiger partial charge in [-0.3, -0.25) is 0 Å². The summed E-state index contributed by atoms with van der Waals surface area (Å²) in [7, 11) is 0. The van der Waals surface area contributed by atoms with Gasteiger partial charge in [0.05, 0.1) is 52.9 Å². The fourth-order valence-electron chi connectivity index (χ4n) is 4.61. The minimum absolute atomic E-state index is 0.310. The summed E-state index contributed by atoms with van der Waals surface area (Å²) in [6, 6.07) is 26.5. The van der Waals surface area contributed by atoms with E-state index in [0.717, 1.165) is 39.3 Å². The van der Waals surface area contributed by atoms with Crippen LogP contribution in [0.5, 0.6) is 0 Å². The first-order chi connectivity index (χ1) is 18.3. The maximum absolute atomic E-state index is 5.99. The van der Waals surface area contributed by atoms with Crippen LogP contribution in [0.15, 0.2) is 72.8 Å². The van der Waals surface area contributed by atoms with E-state index in [1.165, 1.54) is 43.8 Å². The van der Waals surface area contributed by atoms with Crippen molar-refractivity contribution in [1.29, 1.82) is 0 Å². The van der Waals surface area contributed by atoms with E-state index in [4.69, 9.17) is 23.7 Å². The van der Waals surface area contributed by atoms with Gasteiger partial charge in [-0.1, -0.05) is 60.7 Å². The largest absolute Gasteiger partial charge is 0.381 e. The van der Waals surface area contributed by atoms with Gasteiger partial charge < -0.3 is 23.7 Å². The highest BCUT2D eigenvalue weighted by Crippen LogP contribution is 2.21. The Balaban J connectivity index is 0.937. The molecule has 5 heteroatoms. The molecule has 2 fully saturated rings. The first kappa shape index (κ1) is 24.5. The lowest BCUT2D eigenvalue weighted by atomic mass is 10.0. The van der Waals surface area contributed by atoms with Crippen molar-refractivity contribution in [3.63, 3.8) is 0 Å². The van der Waals surface area contributed by atoms with Crippen molar-refractivity contribution in [2.75, 3.05) is 39.6 Å². The van der Waals surface area contributed by atoms with Crippen LogP contribution >= 0.6 is 0 Å². The molecule has 2 aliphatic heterocycles. The van der Waals surface area contributed by atoms with Gasteiger partial charge in [0.15, 0.2) is 0 Å². The number of epoxide rings is 2. The summed E-state index contributed by atoms with van der Waals surface area (Å²) >= 11 is 0. The van der Waals surface area contributed by atoms with Gasteiger partial charge in [-0.2, -0.15) is 0 Å². The molecule has 2 atom stereocenters. The number of hydrogen-bond donors (Lipinski definition) is 0. The Hall–Kier alpha value is -2.80. The average Bonchev–Trinajstić information content (AvgIpc) is 3.85. The molecule has 2 heterocycles. The van der Waals surface area contributed by atoms with Crippen molar-refractivity contribution in [1.82, 2.24) is 0 Å². The van der Waals surface area contributed by atoms with E-state index in [-0.39, 0.29) is 0 Å². The predicted octanol–water partition coefficient (Wildman–Crippen LogP) is 5.63. The number of fused-ring (bicyclic) bond motifs is 2. The summed E-state index contributed by atoms with van der Waals surface area (Å²) in [5.74, 6) is 0. The summed E-state index contributed by atoms with van der Waals surface area (Å²) < 4.78 is 27.8. The van der Waals surface area contributed by atoms with E-state index in [0.29, 0.717) is 38.6 Å². The molecule has 4 aromatic carbocycles. The molecule has 2 saturated heterocycles. The van der Waals surface area contributed by atoms with Crippen molar-refractivity contribution >= 4 is 21.5 Å². The highest BCUT2D eigenvalue weighted by molar-refractivity contribution is 5.84. The number of hydrogen-bond acceptors (Lipinski definition) is 5. The van der Waals surface area contributed by atoms with E-state index in [1.807, 2.05) is 0 Å². The Kier molecular flexibility index (Phi) is 7.77. The van der Waals surface area contributed by atoms with Crippen LogP contribution in [0, 0.1) is 0 Å². The smallest absolute Gasteiger partial charge is 0.104 e. The Morgan fingerprint density at radius 3 is 1.30 bits per heavy atom. The van der Waals surface area contributed by atoms with Gasteiger partial charge in [-0.25, -0.2) is 0 Å². The molecule has 2 aliphatic rings. The van der Waals surface area contributed by atoms with Gasteiger partial charge in [0.25, 0.3) is 0 Å². The zero-order valence-electron chi connectivity index (χ0n) is 21.2. The van der Waals surface area contributed by atoms with Crippen molar-refractivity contribution in [2.45, 2.75) is 38.3 Å². The van der Waals surface area contributed by atoms with Gasteiger partial charge in [0.1, 0.15) is 12.2 Å². The first-order valence-corrected chi connectivity index (χ1v) is 13.3. The highest BCUT2D eigenvalue weighted by atomic mass is 16.6. The number of ether oxygens (including phenoxy) is 5. The minimum atomic E-state index is 0.310. The molecule has 5 nitrogen and oxygen atoms in total. The maximum atomic E-state index is 5.99. The zero-order valence-corrected chi connectivity index (χ0v) is 21.2. The molecule has 0 N–H and O–H groups in total. The summed E-state index contributed by atoms with van der Waals surface area (Å²) in [4.78, 5) is 0. The van der Waals surface area contributed by atoms with Gasteiger partial charge in [-0.15, -0.1) is 0 Å². The molecule has 0 radical (unpaired) electrons. The SMILES string of the molecule is c1cc2cc(COCC3CO3)ccc2cc1CCOCCc1ccc2cc(COCC3CO3)ccc2c1. The molecule has 37 heavy (non-hydrogen) atoms. The number of rotatable bonds is 14. The molecule has 2 unspecified atom stereocenters. The predicted molar refractivity (Wildman–Crippen MR) is 145 cm³/mol. The summed E-state index contributed by atoms with van der Waals surface area (Å²) in [5, 5.41) is 5.01. The van der Waals surface area contributed by atoms with Crippen LogP contribution in [0.4, 0.5) is 0 Å². The second-order valence-corrected chi connectivity index (χ2v) is 10.1. The van der Waals surface area contributed by atoms with E-state index in [2.05, 4.69) is 72.8 Å². The maximum Gasteiger partial charge on any atom is 0.104 e. The first-order valence-electron chi connectivity index (χ1n) is 13.3.